The van der Waals surface area contributed by atoms with Crippen LogP contribution in [0.4, 0.5) is 4.79 Å². The third-order valence-electron chi connectivity index (χ3n) is 4.15. The van der Waals surface area contributed by atoms with E-state index in [1.54, 1.807) is 17.6 Å². The van der Waals surface area contributed by atoms with Gasteiger partial charge in [-0.05, 0) is 19.1 Å². The third kappa shape index (κ3) is 4.24. The highest BCUT2D eigenvalue weighted by Crippen LogP contribution is 2.11. The van der Waals surface area contributed by atoms with Gasteiger partial charge in [0.25, 0.3) is 5.56 Å². The molecule has 26 heavy (non-hydrogen) atoms. The van der Waals surface area contributed by atoms with Gasteiger partial charge in [-0.1, -0.05) is 12.1 Å². The number of ether oxygens (including phenoxy) is 1. The number of nitrogens with one attached hydrogen (secondary N) is 1. The summed E-state index contributed by atoms with van der Waals surface area (Å²) < 4.78 is 6.98. The Balaban J connectivity index is 1.98. The van der Waals surface area contributed by atoms with Crippen molar-refractivity contribution >= 4 is 22.6 Å². The summed E-state index contributed by atoms with van der Waals surface area (Å²) in [6.07, 6.45) is 0. The second-order valence-corrected chi connectivity index (χ2v) is 6.15. The van der Waals surface area contributed by atoms with Crippen LogP contribution in [0, 0.1) is 0 Å². The van der Waals surface area contributed by atoms with Gasteiger partial charge >= 0.3 is 6.03 Å². The molecule has 9 heteroatoms. The van der Waals surface area contributed by atoms with Gasteiger partial charge in [0, 0.05) is 13.1 Å². The first-order chi connectivity index (χ1) is 12.5. The zero-order valence-electron chi connectivity index (χ0n) is 14.6. The quantitative estimate of drug-likeness (QED) is 0.588. The molecular formula is C17H22N6O3. The molecule has 0 saturated carbocycles. The van der Waals surface area contributed by atoms with Crippen LogP contribution in [0.25, 0.3) is 10.9 Å². The molecule has 0 unspecified atom stereocenters. The summed E-state index contributed by atoms with van der Waals surface area (Å²) in [5, 5.41) is 4.45. The maximum atomic E-state index is 13.0. The van der Waals surface area contributed by atoms with Crippen molar-refractivity contribution in [1.29, 1.82) is 0 Å². The van der Waals surface area contributed by atoms with Crippen molar-refractivity contribution in [2.24, 2.45) is 10.8 Å². The van der Waals surface area contributed by atoms with Crippen LogP contribution >= 0.6 is 0 Å². The lowest BCUT2D eigenvalue weighted by Crippen LogP contribution is -2.38. The molecule has 2 amide bonds. The highest BCUT2D eigenvalue weighted by molar-refractivity contribution is 5.84. The maximum Gasteiger partial charge on any atom is 0.332 e. The average molecular weight is 358 g/mol. The molecule has 0 radical (unpaired) electrons. The first kappa shape index (κ1) is 18.0. The van der Waals surface area contributed by atoms with E-state index in [1.165, 1.54) is 0 Å². The Labute approximate surface area is 150 Å². The van der Waals surface area contributed by atoms with Gasteiger partial charge in [0.2, 0.25) is 0 Å². The van der Waals surface area contributed by atoms with Crippen LogP contribution in [0.3, 0.4) is 0 Å². The summed E-state index contributed by atoms with van der Waals surface area (Å²) in [7, 11) is 0. The van der Waals surface area contributed by atoms with Crippen molar-refractivity contribution in [3.63, 3.8) is 0 Å². The van der Waals surface area contributed by atoms with Crippen molar-refractivity contribution in [2.45, 2.75) is 20.0 Å². The van der Waals surface area contributed by atoms with Gasteiger partial charge < -0.3 is 10.5 Å². The predicted molar refractivity (Wildman–Crippen MR) is 97.9 cm³/mol. The Kier molecular flexibility index (Phi) is 5.59. The Morgan fingerprint density at radius 3 is 2.81 bits per heavy atom. The number of urea groups is 1. The molecule has 138 valence electrons. The number of para-hydroxylation sites is 1. The fraction of sp³-hybridized carbons (Fsp3) is 0.412. The molecule has 3 rings (SSSR count). The smallest absolute Gasteiger partial charge is 0.332 e. The molecule has 1 saturated heterocycles. The van der Waals surface area contributed by atoms with Crippen molar-refractivity contribution in [3.8, 4) is 0 Å². The minimum Gasteiger partial charge on any atom is -0.379 e. The van der Waals surface area contributed by atoms with Gasteiger partial charge in [-0.25, -0.2) is 15.2 Å². The Bertz CT molecular complexity index is 886. The van der Waals surface area contributed by atoms with E-state index in [2.05, 4.69) is 15.4 Å². The van der Waals surface area contributed by atoms with E-state index in [1.807, 2.05) is 18.2 Å². The topological polar surface area (TPSA) is 115 Å². The third-order valence-corrected chi connectivity index (χ3v) is 4.15. The number of hydrogen-bond donors (Lipinski definition) is 2. The molecule has 1 fully saturated rings. The summed E-state index contributed by atoms with van der Waals surface area (Å²) >= 11 is 0. The van der Waals surface area contributed by atoms with Crippen LogP contribution in [-0.4, -0.2) is 52.5 Å². The van der Waals surface area contributed by atoms with Gasteiger partial charge in [0.15, 0.2) is 0 Å². The van der Waals surface area contributed by atoms with Crippen molar-refractivity contribution in [3.05, 3.63) is 40.4 Å². The molecule has 1 aromatic heterocycles. The Morgan fingerprint density at radius 2 is 2.08 bits per heavy atom. The summed E-state index contributed by atoms with van der Waals surface area (Å²) in [4.78, 5) is 30.7. The number of hydrogen-bond acceptors (Lipinski definition) is 6. The molecule has 0 atom stereocenters. The van der Waals surface area contributed by atoms with Crippen LogP contribution < -0.4 is 16.7 Å². The fourth-order valence-corrected chi connectivity index (χ4v) is 2.87. The number of rotatable bonds is 5. The number of carbonyl (C=O) groups excluding carboxylic acids is 1. The molecule has 0 aliphatic carbocycles. The first-order valence-corrected chi connectivity index (χ1v) is 8.42. The van der Waals surface area contributed by atoms with E-state index in [9.17, 15) is 9.59 Å². The van der Waals surface area contributed by atoms with Crippen molar-refractivity contribution in [1.82, 2.24) is 19.9 Å². The minimum absolute atomic E-state index is 0.132. The SMILES string of the molecule is CC(Cn1c(CN2CCOCC2)nc2ccccc2c1=O)=NNC(N)=O. The van der Waals surface area contributed by atoms with Gasteiger partial charge in [0.05, 0.1) is 42.9 Å². The van der Waals surface area contributed by atoms with Crippen molar-refractivity contribution < 1.29 is 9.53 Å². The summed E-state index contributed by atoms with van der Waals surface area (Å²) in [5.74, 6) is 0.657. The van der Waals surface area contributed by atoms with Crippen molar-refractivity contribution in [2.75, 3.05) is 26.3 Å². The lowest BCUT2D eigenvalue weighted by atomic mass is 10.2. The molecule has 1 aromatic carbocycles. The van der Waals surface area contributed by atoms with Gasteiger partial charge in [-0.2, -0.15) is 5.10 Å². The highest BCUT2D eigenvalue weighted by Gasteiger charge is 2.17. The molecule has 9 nitrogen and oxygen atoms in total. The van der Waals surface area contributed by atoms with E-state index in [-0.39, 0.29) is 12.1 Å². The predicted octanol–water partition coefficient (Wildman–Crippen LogP) is 0.273. The molecule has 1 aliphatic heterocycles. The second kappa shape index (κ2) is 8.07. The number of nitrogens with two attached hydrogens (primary N) is 1. The maximum absolute atomic E-state index is 13.0. The molecule has 1 aliphatic rings. The highest BCUT2D eigenvalue weighted by atomic mass is 16.5. The molecule has 2 heterocycles. The zero-order valence-corrected chi connectivity index (χ0v) is 14.6. The van der Waals surface area contributed by atoms with Gasteiger partial charge in [-0.3, -0.25) is 14.3 Å². The number of amides is 2. The van der Waals surface area contributed by atoms with E-state index in [0.717, 1.165) is 13.1 Å². The van der Waals surface area contributed by atoms with Crippen LogP contribution in [0.1, 0.15) is 12.7 Å². The van der Waals surface area contributed by atoms with Gasteiger partial charge in [0.1, 0.15) is 5.82 Å². The van der Waals surface area contributed by atoms with E-state index in [4.69, 9.17) is 15.5 Å². The number of aromatic nitrogens is 2. The molecule has 0 bridgehead atoms. The molecule has 2 aromatic rings. The number of benzene rings is 1. The Morgan fingerprint density at radius 1 is 1.35 bits per heavy atom. The lowest BCUT2D eigenvalue weighted by Gasteiger charge is -2.27. The van der Waals surface area contributed by atoms with Gasteiger partial charge in [-0.15, -0.1) is 0 Å². The zero-order chi connectivity index (χ0) is 18.5. The number of fused-ring (bicyclic) bond motifs is 1. The van der Waals surface area contributed by atoms with Crippen LogP contribution in [-0.2, 0) is 17.8 Å². The molecule has 3 N–H and O–H groups in total. The summed E-state index contributed by atoms with van der Waals surface area (Å²) in [6, 6.07) is 6.52. The van der Waals surface area contributed by atoms with Crippen LogP contribution in [0.2, 0.25) is 0 Å². The van der Waals surface area contributed by atoms with E-state index >= 15 is 0 Å². The van der Waals surface area contributed by atoms with Crippen LogP contribution in [0.5, 0.6) is 0 Å². The number of carbonyl (C=O) groups is 1. The monoisotopic (exact) mass is 358 g/mol. The average Bonchev–Trinajstić information content (AvgIpc) is 2.64. The number of hydrazone groups is 1. The number of nitrogens with zero attached hydrogens (tertiary/aromatic N) is 4. The number of primary amides is 1. The normalized spacial score (nSPS) is 16.0. The summed E-state index contributed by atoms with van der Waals surface area (Å²) in [5.41, 5.74) is 8.31. The fourth-order valence-electron chi connectivity index (χ4n) is 2.87. The standard InChI is InChI=1S/C17H22N6O3/c1-12(20-21-17(18)25)10-23-15(11-22-6-8-26-9-7-22)19-14-5-3-2-4-13(14)16(23)24/h2-5H,6-11H2,1H3,(H3,18,21,25). The largest absolute Gasteiger partial charge is 0.379 e. The van der Waals surface area contributed by atoms with E-state index in [0.29, 0.717) is 42.2 Å². The molecule has 0 spiro atoms. The van der Waals surface area contributed by atoms with Crippen LogP contribution in [0.15, 0.2) is 34.2 Å². The van der Waals surface area contributed by atoms with E-state index < -0.39 is 6.03 Å². The first-order valence-electron chi connectivity index (χ1n) is 8.42. The lowest BCUT2D eigenvalue weighted by molar-refractivity contribution is 0.0325. The second-order valence-electron chi connectivity index (χ2n) is 6.15. The number of morpholine rings is 1. The minimum atomic E-state index is -0.748. The molecular weight excluding hydrogens is 336 g/mol. The summed E-state index contributed by atoms with van der Waals surface area (Å²) in [6.45, 7) is 5.40. The Hall–Kier alpha value is -2.78.